The third-order valence-electron chi connectivity index (χ3n) is 3.99. The molecule has 0 fully saturated rings. The fourth-order valence-electron chi connectivity index (χ4n) is 2.62. The van der Waals surface area contributed by atoms with Crippen molar-refractivity contribution < 1.29 is 8.42 Å². The van der Waals surface area contributed by atoms with Gasteiger partial charge in [0.2, 0.25) is 0 Å². The van der Waals surface area contributed by atoms with E-state index in [-0.39, 0.29) is 4.90 Å². The lowest BCUT2D eigenvalue weighted by Crippen LogP contribution is -2.23. The summed E-state index contributed by atoms with van der Waals surface area (Å²) in [7, 11) is -3.74. The molecule has 0 bridgehead atoms. The number of aromatic nitrogens is 5. The number of halogens is 1. The van der Waals surface area contributed by atoms with Crippen LogP contribution < -0.4 is 4.83 Å². The molecule has 0 atom stereocenters. The van der Waals surface area contributed by atoms with Crippen LogP contribution in [0.1, 0.15) is 5.69 Å². The van der Waals surface area contributed by atoms with Gasteiger partial charge in [-0.1, -0.05) is 34.1 Å². The molecule has 0 amide bonds. The van der Waals surface area contributed by atoms with Crippen LogP contribution in [0.15, 0.2) is 76.4 Å². The molecule has 0 saturated heterocycles. The average Bonchev–Trinajstić information content (AvgIpc) is 3.29. The molecule has 10 heteroatoms. The van der Waals surface area contributed by atoms with Crippen molar-refractivity contribution in [3.63, 3.8) is 0 Å². The van der Waals surface area contributed by atoms with Gasteiger partial charge in [-0.3, -0.25) is 0 Å². The summed E-state index contributed by atoms with van der Waals surface area (Å²) in [6.07, 6.45) is 3.19. The van der Waals surface area contributed by atoms with E-state index in [0.717, 1.165) is 10.2 Å². The van der Waals surface area contributed by atoms with Crippen molar-refractivity contribution in [1.82, 2.24) is 24.9 Å². The van der Waals surface area contributed by atoms with E-state index in [2.05, 4.69) is 36.1 Å². The Kier molecular flexibility index (Phi) is 4.73. The first kappa shape index (κ1) is 18.4. The summed E-state index contributed by atoms with van der Waals surface area (Å²) in [6.45, 7) is 1.78. The maximum absolute atomic E-state index is 12.5. The van der Waals surface area contributed by atoms with Gasteiger partial charge in [-0.05, 0) is 43.3 Å². The molecule has 0 unspecified atom stereocenters. The van der Waals surface area contributed by atoms with E-state index in [1.54, 1.807) is 37.5 Å². The number of nitrogens with zero attached hydrogens (tertiary/aromatic N) is 5. The number of hydrogen-bond acceptors (Lipinski definition) is 5. The number of rotatable bonds is 5. The van der Waals surface area contributed by atoms with Crippen LogP contribution in [0.3, 0.4) is 0 Å². The molecule has 0 aliphatic heterocycles. The molecule has 0 saturated carbocycles. The normalized spacial score (nSPS) is 11.5. The summed E-state index contributed by atoms with van der Waals surface area (Å²) in [5.74, 6) is 0. The predicted octanol–water partition coefficient (Wildman–Crippen LogP) is 3.13. The Labute approximate surface area is 170 Å². The van der Waals surface area contributed by atoms with E-state index in [0.29, 0.717) is 17.0 Å². The van der Waals surface area contributed by atoms with Crippen molar-refractivity contribution in [3.05, 3.63) is 77.2 Å². The van der Waals surface area contributed by atoms with Crippen molar-refractivity contribution >= 4 is 26.0 Å². The van der Waals surface area contributed by atoms with Gasteiger partial charge in [0, 0.05) is 10.0 Å². The lowest BCUT2D eigenvalue weighted by Gasteiger charge is -2.06. The first-order valence-electron chi connectivity index (χ1n) is 8.25. The third-order valence-corrected chi connectivity index (χ3v) is 5.84. The van der Waals surface area contributed by atoms with E-state index in [1.165, 1.54) is 21.7 Å². The van der Waals surface area contributed by atoms with Gasteiger partial charge >= 0.3 is 0 Å². The SMILES string of the molecule is Cc1nn(NS(=O)(=O)c2ccccc2)cc1-c1cnn(-c2ccc(Br)cc2)n1. The van der Waals surface area contributed by atoms with Gasteiger partial charge in [-0.15, -0.1) is 5.10 Å². The van der Waals surface area contributed by atoms with E-state index in [9.17, 15) is 8.42 Å². The first-order chi connectivity index (χ1) is 13.4. The minimum absolute atomic E-state index is 0.158. The fraction of sp³-hybridized carbons (Fsp3) is 0.0556. The predicted molar refractivity (Wildman–Crippen MR) is 108 cm³/mol. The smallest absolute Gasteiger partial charge is 0.200 e. The van der Waals surface area contributed by atoms with Gasteiger partial charge in [-0.2, -0.15) is 28.2 Å². The van der Waals surface area contributed by atoms with Crippen LogP contribution in [0, 0.1) is 6.92 Å². The quantitative estimate of drug-likeness (QED) is 0.495. The molecule has 0 radical (unpaired) electrons. The lowest BCUT2D eigenvalue weighted by atomic mass is 10.2. The molecule has 28 heavy (non-hydrogen) atoms. The molecule has 8 nitrogen and oxygen atoms in total. The van der Waals surface area contributed by atoms with Crippen LogP contribution in [0.4, 0.5) is 0 Å². The van der Waals surface area contributed by atoms with Crippen LogP contribution in [-0.2, 0) is 10.0 Å². The summed E-state index contributed by atoms with van der Waals surface area (Å²) in [4.78, 5) is 5.26. The minimum atomic E-state index is -3.74. The second kappa shape index (κ2) is 7.21. The summed E-state index contributed by atoms with van der Waals surface area (Å²) in [6, 6.07) is 15.7. The second-order valence-electron chi connectivity index (χ2n) is 5.98. The van der Waals surface area contributed by atoms with Gasteiger partial charge in [0.05, 0.1) is 28.7 Å². The van der Waals surface area contributed by atoms with Gasteiger partial charge in [0.25, 0.3) is 10.0 Å². The molecule has 1 N–H and O–H groups in total. The minimum Gasteiger partial charge on any atom is -0.200 e. The maximum atomic E-state index is 12.5. The van der Waals surface area contributed by atoms with Crippen molar-refractivity contribution in [2.24, 2.45) is 0 Å². The average molecular weight is 459 g/mol. The number of benzene rings is 2. The molecule has 0 aliphatic rings. The fourth-order valence-corrected chi connectivity index (χ4v) is 3.84. The van der Waals surface area contributed by atoms with Crippen LogP contribution in [0.25, 0.3) is 16.9 Å². The number of nitrogens with one attached hydrogen (secondary N) is 1. The highest BCUT2D eigenvalue weighted by Gasteiger charge is 2.17. The monoisotopic (exact) mass is 458 g/mol. The van der Waals surface area contributed by atoms with Gasteiger partial charge in [0.15, 0.2) is 0 Å². The van der Waals surface area contributed by atoms with E-state index in [1.807, 2.05) is 24.3 Å². The number of sulfonamides is 1. The largest absolute Gasteiger partial charge is 0.276 e. The molecule has 0 aliphatic carbocycles. The summed E-state index contributed by atoms with van der Waals surface area (Å²) < 4.78 is 25.9. The van der Waals surface area contributed by atoms with Crippen molar-refractivity contribution in [2.75, 3.05) is 4.83 Å². The summed E-state index contributed by atoms with van der Waals surface area (Å²) in [5.41, 5.74) is 2.70. The van der Waals surface area contributed by atoms with Crippen LogP contribution in [0.5, 0.6) is 0 Å². The lowest BCUT2D eigenvalue weighted by molar-refractivity contribution is 0.591. The van der Waals surface area contributed by atoms with E-state index < -0.39 is 10.0 Å². The number of hydrogen-bond donors (Lipinski definition) is 1. The number of aryl methyl sites for hydroxylation is 1. The molecule has 142 valence electrons. The van der Waals surface area contributed by atoms with Crippen LogP contribution in [-0.4, -0.2) is 33.3 Å². The Hall–Kier alpha value is -2.98. The molecular weight excluding hydrogens is 444 g/mol. The zero-order valence-corrected chi connectivity index (χ0v) is 17.1. The molecule has 4 aromatic rings. The van der Waals surface area contributed by atoms with Crippen molar-refractivity contribution in [1.29, 1.82) is 0 Å². The Morgan fingerprint density at radius 1 is 1.00 bits per heavy atom. The Morgan fingerprint density at radius 2 is 1.71 bits per heavy atom. The Bertz CT molecular complexity index is 1220. The molecule has 2 aromatic carbocycles. The van der Waals surface area contributed by atoms with Crippen LogP contribution in [0.2, 0.25) is 0 Å². The van der Waals surface area contributed by atoms with Gasteiger partial charge in [0.1, 0.15) is 5.69 Å². The maximum Gasteiger partial charge on any atom is 0.276 e. The Morgan fingerprint density at radius 3 is 2.43 bits per heavy atom. The highest BCUT2D eigenvalue weighted by atomic mass is 79.9. The molecule has 2 heterocycles. The zero-order valence-electron chi connectivity index (χ0n) is 14.7. The van der Waals surface area contributed by atoms with Crippen molar-refractivity contribution in [3.8, 4) is 16.9 Å². The highest BCUT2D eigenvalue weighted by molar-refractivity contribution is 9.10. The second-order valence-corrected chi connectivity index (χ2v) is 8.55. The highest BCUT2D eigenvalue weighted by Crippen LogP contribution is 2.21. The molecule has 4 rings (SSSR count). The summed E-state index contributed by atoms with van der Waals surface area (Å²) in [5, 5.41) is 13.0. The van der Waals surface area contributed by atoms with E-state index >= 15 is 0 Å². The third kappa shape index (κ3) is 3.69. The molecule has 2 aromatic heterocycles. The first-order valence-corrected chi connectivity index (χ1v) is 10.5. The van der Waals surface area contributed by atoms with Gasteiger partial charge in [-0.25, -0.2) is 4.83 Å². The van der Waals surface area contributed by atoms with Crippen molar-refractivity contribution in [2.45, 2.75) is 11.8 Å². The van der Waals surface area contributed by atoms with E-state index in [4.69, 9.17) is 0 Å². The standard InChI is InChI=1S/C18H15BrN6O2S/c1-13-17(18-11-20-25(22-18)15-9-7-14(19)8-10-15)12-24(21-13)23-28(26,27)16-5-3-2-4-6-16/h2-12,23H,1H3. The van der Waals surface area contributed by atoms with Crippen LogP contribution >= 0.6 is 15.9 Å². The topological polar surface area (TPSA) is 94.7 Å². The molecule has 0 spiro atoms. The zero-order chi connectivity index (χ0) is 19.7. The Balaban J connectivity index is 1.61. The summed E-state index contributed by atoms with van der Waals surface area (Å²) >= 11 is 3.40. The van der Waals surface area contributed by atoms with Gasteiger partial charge < -0.3 is 0 Å². The molecular formula is C18H15BrN6O2S.